The van der Waals surface area contributed by atoms with E-state index in [9.17, 15) is 19.5 Å². The van der Waals surface area contributed by atoms with Crippen molar-refractivity contribution in [3.8, 4) is 0 Å². The van der Waals surface area contributed by atoms with E-state index >= 15 is 0 Å². The average molecular weight is 914 g/mol. The van der Waals surface area contributed by atoms with Crippen molar-refractivity contribution in [3.63, 3.8) is 0 Å². The summed E-state index contributed by atoms with van der Waals surface area (Å²) >= 11 is 0. The first kappa shape index (κ1) is 61.5. The Labute approximate surface area is 403 Å². The van der Waals surface area contributed by atoms with E-state index in [1.165, 1.54) is 6.42 Å². The summed E-state index contributed by atoms with van der Waals surface area (Å²) in [5, 5.41) is 11.7. The van der Waals surface area contributed by atoms with Crippen molar-refractivity contribution in [3.05, 3.63) is 134 Å². The van der Waals surface area contributed by atoms with E-state index < -0.39 is 18.1 Å². The number of carbonyl (C=O) groups is 3. The highest BCUT2D eigenvalue weighted by Crippen LogP contribution is 2.12. The van der Waals surface area contributed by atoms with Gasteiger partial charge in [0.25, 0.3) is 0 Å². The minimum absolute atomic E-state index is 0.00649. The van der Waals surface area contributed by atoms with Gasteiger partial charge in [0.05, 0.1) is 40.3 Å². The predicted octanol–water partition coefficient (Wildman–Crippen LogP) is 13.4. The fourth-order valence-corrected chi connectivity index (χ4v) is 6.46. The van der Waals surface area contributed by atoms with Gasteiger partial charge >= 0.3 is 11.9 Å². The van der Waals surface area contributed by atoms with Crippen molar-refractivity contribution in [2.45, 2.75) is 174 Å². The highest BCUT2D eigenvalue weighted by molar-refractivity contribution is 5.70. The quantitative estimate of drug-likeness (QED) is 0.0260. The Kier molecular flexibility index (Phi) is 43.8. The van der Waals surface area contributed by atoms with E-state index in [2.05, 4.69) is 148 Å². The number of hydrogen-bond acceptors (Lipinski definition) is 7. The lowest BCUT2D eigenvalue weighted by atomic mass is 10.1. The molecule has 0 N–H and O–H groups in total. The highest BCUT2D eigenvalue weighted by Gasteiger charge is 2.25. The number of aliphatic carboxylic acids is 1. The molecule has 0 aliphatic heterocycles. The van der Waals surface area contributed by atoms with Crippen molar-refractivity contribution in [1.29, 1.82) is 0 Å². The minimum atomic E-state index is -1.14. The van der Waals surface area contributed by atoms with Crippen LogP contribution in [-0.4, -0.2) is 75.5 Å². The van der Waals surface area contributed by atoms with E-state index in [4.69, 9.17) is 14.2 Å². The van der Waals surface area contributed by atoms with Gasteiger partial charge < -0.3 is 28.6 Å². The van der Waals surface area contributed by atoms with Crippen molar-refractivity contribution in [2.75, 3.05) is 41.0 Å². The Morgan fingerprint density at radius 1 is 0.455 bits per heavy atom. The van der Waals surface area contributed by atoms with Gasteiger partial charge in [-0.3, -0.25) is 9.59 Å². The molecule has 0 radical (unpaired) electrons. The number of hydrogen-bond donors (Lipinski definition) is 0. The van der Waals surface area contributed by atoms with Crippen molar-refractivity contribution in [1.82, 2.24) is 0 Å². The molecule has 0 amide bonds. The van der Waals surface area contributed by atoms with Crippen LogP contribution in [0, 0.1) is 0 Å². The number of carboxylic acid groups (broad SMARTS) is 1. The van der Waals surface area contributed by atoms with Crippen LogP contribution in [0.3, 0.4) is 0 Å². The van der Waals surface area contributed by atoms with Crippen LogP contribution < -0.4 is 5.11 Å². The number of likely N-dealkylation sites (N-methyl/N-ethyl adjacent to an activating group) is 1. The largest absolute Gasteiger partial charge is 0.544 e. The maximum atomic E-state index is 12.8. The van der Waals surface area contributed by atoms with E-state index in [-0.39, 0.29) is 55.5 Å². The summed E-state index contributed by atoms with van der Waals surface area (Å²) in [4.78, 5) is 37.0. The predicted molar refractivity (Wildman–Crippen MR) is 277 cm³/mol. The van der Waals surface area contributed by atoms with Crippen molar-refractivity contribution >= 4 is 17.9 Å². The lowest BCUT2D eigenvalue weighted by Gasteiger charge is -2.34. The molecule has 2 unspecified atom stereocenters. The van der Waals surface area contributed by atoms with Gasteiger partial charge in [-0.15, -0.1) is 0 Å². The number of unbranched alkanes of at least 4 members (excludes halogenated alkanes) is 7. The first-order valence-electron chi connectivity index (χ1n) is 25.2. The summed E-state index contributed by atoms with van der Waals surface area (Å²) in [6.07, 6.45) is 67.7. The van der Waals surface area contributed by atoms with Crippen molar-refractivity contribution < 1.29 is 38.2 Å². The molecule has 0 aliphatic rings. The van der Waals surface area contributed by atoms with Gasteiger partial charge in [0.2, 0.25) is 0 Å². The zero-order valence-corrected chi connectivity index (χ0v) is 42.0. The third-order valence-corrected chi connectivity index (χ3v) is 10.3. The Bertz CT molecular complexity index is 1530. The van der Waals surface area contributed by atoms with Gasteiger partial charge in [0.15, 0.2) is 6.10 Å². The normalized spacial score (nSPS) is 14.0. The Hall–Kier alpha value is -4.53. The number of allylic oxidation sites excluding steroid dienone is 22. The van der Waals surface area contributed by atoms with Gasteiger partial charge in [-0.05, 0) is 103 Å². The smallest absolute Gasteiger partial charge is 0.306 e. The van der Waals surface area contributed by atoms with Crippen molar-refractivity contribution in [2.24, 2.45) is 0 Å². The highest BCUT2D eigenvalue weighted by atomic mass is 16.6. The molecule has 2 atom stereocenters. The first-order valence-corrected chi connectivity index (χ1v) is 25.2. The van der Waals surface area contributed by atoms with Gasteiger partial charge in [-0.1, -0.05) is 173 Å². The summed E-state index contributed by atoms with van der Waals surface area (Å²) in [6, 6.07) is -0.747. The van der Waals surface area contributed by atoms with Crippen LogP contribution in [0.5, 0.6) is 0 Å². The summed E-state index contributed by atoms with van der Waals surface area (Å²) in [5.41, 5.74) is 0. The maximum Gasteiger partial charge on any atom is 0.306 e. The van der Waals surface area contributed by atoms with Gasteiger partial charge in [0.1, 0.15) is 12.6 Å². The van der Waals surface area contributed by atoms with E-state index in [0.29, 0.717) is 6.42 Å². The lowest BCUT2D eigenvalue weighted by Crippen LogP contribution is -2.55. The molecule has 0 spiro atoms. The SMILES string of the molecule is CC/C=C/C/C=C/C/C=C/C/C=C/C/C=C/C/C=C/C/C=C/CCCC(=O)OCC(COCCC(C(=O)[O-])[N+](C)(C)C)OC(=O)CCCCCCCC/C=C/C/C=C/C/C=C/C/C=C/CC. The second-order valence-corrected chi connectivity index (χ2v) is 17.3. The molecule has 0 saturated carbocycles. The Morgan fingerprint density at radius 2 is 0.818 bits per heavy atom. The molecule has 370 valence electrons. The van der Waals surface area contributed by atoms with Gasteiger partial charge in [0, 0.05) is 19.3 Å². The molecular weight excluding hydrogens is 823 g/mol. The molecule has 0 aromatic heterocycles. The lowest BCUT2D eigenvalue weighted by molar-refractivity contribution is -0.889. The number of quaternary nitrogens is 1. The molecular formula is C58H91NO7. The summed E-state index contributed by atoms with van der Waals surface area (Å²) in [7, 11) is 5.38. The Balaban J connectivity index is 4.43. The Morgan fingerprint density at radius 3 is 1.23 bits per heavy atom. The topological polar surface area (TPSA) is 102 Å². The number of rotatable bonds is 43. The monoisotopic (exact) mass is 914 g/mol. The number of ether oxygens (including phenoxy) is 3. The first-order chi connectivity index (χ1) is 32.1. The summed E-state index contributed by atoms with van der Waals surface area (Å²) in [6.45, 7) is 4.34. The average Bonchev–Trinajstić information content (AvgIpc) is 3.28. The van der Waals surface area contributed by atoms with Crippen LogP contribution in [0.15, 0.2) is 134 Å². The third kappa shape index (κ3) is 44.7. The minimum Gasteiger partial charge on any atom is -0.544 e. The zero-order valence-electron chi connectivity index (χ0n) is 42.0. The van der Waals surface area contributed by atoms with E-state index in [0.717, 1.165) is 116 Å². The van der Waals surface area contributed by atoms with Crippen LogP contribution in [0.25, 0.3) is 0 Å². The van der Waals surface area contributed by atoms with Crippen LogP contribution in [0.4, 0.5) is 0 Å². The van der Waals surface area contributed by atoms with Crippen LogP contribution in [0.1, 0.15) is 162 Å². The second-order valence-electron chi connectivity index (χ2n) is 17.3. The summed E-state index contributed by atoms with van der Waals surface area (Å²) < 4.78 is 17.1. The molecule has 0 aliphatic carbocycles. The fraction of sp³-hybridized carbons (Fsp3) is 0.569. The van der Waals surface area contributed by atoms with Crippen LogP contribution in [0.2, 0.25) is 0 Å². The number of esters is 2. The molecule has 0 saturated heterocycles. The molecule has 0 rings (SSSR count). The molecule has 8 heteroatoms. The molecule has 66 heavy (non-hydrogen) atoms. The van der Waals surface area contributed by atoms with Gasteiger partial charge in [-0.25, -0.2) is 0 Å². The number of nitrogens with zero attached hydrogens (tertiary/aromatic N) is 1. The maximum absolute atomic E-state index is 12.8. The number of carboxylic acids is 1. The number of carbonyl (C=O) groups excluding carboxylic acids is 3. The molecule has 0 bridgehead atoms. The molecule has 8 nitrogen and oxygen atoms in total. The fourth-order valence-electron chi connectivity index (χ4n) is 6.46. The van der Waals surface area contributed by atoms with Crippen LogP contribution >= 0.6 is 0 Å². The van der Waals surface area contributed by atoms with E-state index in [1.54, 1.807) is 21.1 Å². The second kappa shape index (κ2) is 47.0. The molecule has 0 aromatic carbocycles. The zero-order chi connectivity index (χ0) is 48.4. The van der Waals surface area contributed by atoms with Crippen LogP contribution in [-0.2, 0) is 28.6 Å². The van der Waals surface area contributed by atoms with E-state index in [1.807, 2.05) is 0 Å². The molecule has 0 fully saturated rings. The van der Waals surface area contributed by atoms with Gasteiger partial charge in [-0.2, -0.15) is 0 Å². The standard InChI is InChI=1S/C58H91NO7/c1-6-8-10-12-14-16-18-20-22-24-26-27-28-29-31-32-34-36-38-40-42-44-46-48-56(60)65-53-54(52-64-51-50-55(58(62)63)59(3,4)5)66-57(61)49-47-45-43-41-39-37-35-33-30-25-23-21-19-17-15-13-11-9-7-2/h8-11,14-17,20-23,26-27,29-31,33-34,36,40,42,54-55H,6-7,12-13,18-19,24-25,28,32,35,37-39,41,43-53H2,1-5H3/b10-8+,11-9+,16-14+,17-15+,22-20+,23-21+,27-26+,31-29+,33-30+,36-34+,42-40+. The third-order valence-electron chi connectivity index (χ3n) is 10.3. The molecule has 0 heterocycles. The molecule has 0 aromatic rings. The summed E-state index contributed by atoms with van der Waals surface area (Å²) in [5.74, 6) is -1.85.